The van der Waals surface area contributed by atoms with Gasteiger partial charge in [0, 0.05) is 6.54 Å². The molecule has 0 aromatic carbocycles. The van der Waals surface area contributed by atoms with E-state index in [0.29, 0.717) is 0 Å². The number of carbonyl (C=O) groups excluding carboxylic acids is 1. The standard InChI is InChI=1S/C8H15NO/c10-7-9-6-2-1-3-8-4-5-8/h7-8H,1-6H2,(H,9,10). The van der Waals surface area contributed by atoms with Gasteiger partial charge in [-0.1, -0.05) is 25.7 Å². The van der Waals surface area contributed by atoms with E-state index in [-0.39, 0.29) is 0 Å². The van der Waals surface area contributed by atoms with Gasteiger partial charge in [-0.05, 0) is 12.3 Å². The number of carbonyl (C=O) groups is 1. The third-order valence-corrected chi connectivity index (χ3v) is 1.96. The fraction of sp³-hybridized carbons (Fsp3) is 0.875. The monoisotopic (exact) mass is 141 g/mol. The van der Waals surface area contributed by atoms with E-state index >= 15 is 0 Å². The normalized spacial score (nSPS) is 16.8. The fourth-order valence-corrected chi connectivity index (χ4v) is 1.13. The van der Waals surface area contributed by atoms with Gasteiger partial charge in [0.25, 0.3) is 0 Å². The molecule has 0 bridgehead atoms. The van der Waals surface area contributed by atoms with Gasteiger partial charge in [-0.3, -0.25) is 4.79 Å². The van der Waals surface area contributed by atoms with Gasteiger partial charge in [0.2, 0.25) is 6.41 Å². The first-order chi connectivity index (χ1) is 4.93. The summed E-state index contributed by atoms with van der Waals surface area (Å²) >= 11 is 0. The van der Waals surface area contributed by atoms with Gasteiger partial charge in [0.15, 0.2) is 0 Å². The summed E-state index contributed by atoms with van der Waals surface area (Å²) in [5.41, 5.74) is 0. The third kappa shape index (κ3) is 3.49. The molecule has 0 aliphatic heterocycles. The number of rotatable bonds is 6. The maximum atomic E-state index is 9.80. The molecule has 0 aromatic rings. The molecule has 0 atom stereocenters. The van der Waals surface area contributed by atoms with Crippen LogP contribution in [0, 0.1) is 5.92 Å². The lowest BCUT2D eigenvalue weighted by atomic mass is 10.2. The molecule has 1 N–H and O–H groups in total. The molecule has 1 aliphatic rings. The minimum Gasteiger partial charge on any atom is -0.359 e. The second-order valence-corrected chi connectivity index (χ2v) is 3.01. The zero-order valence-electron chi connectivity index (χ0n) is 6.31. The van der Waals surface area contributed by atoms with E-state index in [1.54, 1.807) is 0 Å². The predicted molar refractivity (Wildman–Crippen MR) is 40.6 cm³/mol. The molecule has 0 heterocycles. The summed E-state index contributed by atoms with van der Waals surface area (Å²) in [6, 6.07) is 0. The van der Waals surface area contributed by atoms with Crippen LogP contribution < -0.4 is 5.32 Å². The van der Waals surface area contributed by atoms with Crippen LogP contribution in [0.3, 0.4) is 0 Å². The highest BCUT2D eigenvalue weighted by molar-refractivity contribution is 5.45. The average Bonchev–Trinajstić information content (AvgIpc) is 2.71. The number of amides is 1. The molecule has 2 heteroatoms. The Bertz CT molecular complexity index is 99.4. The fourth-order valence-electron chi connectivity index (χ4n) is 1.13. The second kappa shape index (κ2) is 4.31. The van der Waals surface area contributed by atoms with Crippen molar-refractivity contribution in [1.29, 1.82) is 0 Å². The topological polar surface area (TPSA) is 29.1 Å². The van der Waals surface area contributed by atoms with E-state index in [4.69, 9.17) is 0 Å². The molecular weight excluding hydrogens is 126 g/mol. The van der Waals surface area contributed by atoms with Gasteiger partial charge in [0.05, 0.1) is 0 Å². The summed E-state index contributed by atoms with van der Waals surface area (Å²) < 4.78 is 0. The van der Waals surface area contributed by atoms with Crippen LogP contribution in [-0.2, 0) is 4.79 Å². The van der Waals surface area contributed by atoms with Crippen molar-refractivity contribution in [2.75, 3.05) is 6.54 Å². The summed E-state index contributed by atoms with van der Waals surface area (Å²) in [4.78, 5) is 9.80. The molecule has 0 spiro atoms. The van der Waals surface area contributed by atoms with E-state index in [0.717, 1.165) is 25.3 Å². The highest BCUT2D eigenvalue weighted by Crippen LogP contribution is 2.33. The Kier molecular flexibility index (Phi) is 3.27. The summed E-state index contributed by atoms with van der Waals surface area (Å²) in [6.45, 7) is 0.857. The summed E-state index contributed by atoms with van der Waals surface area (Å²) in [7, 11) is 0. The van der Waals surface area contributed by atoms with Crippen LogP contribution >= 0.6 is 0 Å². The van der Waals surface area contributed by atoms with Gasteiger partial charge in [-0.15, -0.1) is 0 Å². The number of unbranched alkanes of at least 4 members (excludes halogenated alkanes) is 1. The van der Waals surface area contributed by atoms with Gasteiger partial charge in [-0.2, -0.15) is 0 Å². The van der Waals surface area contributed by atoms with Crippen molar-refractivity contribution >= 4 is 6.41 Å². The SMILES string of the molecule is O=CNCCCCC1CC1. The Hall–Kier alpha value is -0.530. The van der Waals surface area contributed by atoms with Crippen molar-refractivity contribution in [3.05, 3.63) is 0 Å². The lowest BCUT2D eigenvalue weighted by Crippen LogP contribution is -2.11. The quantitative estimate of drug-likeness (QED) is 0.438. The van der Waals surface area contributed by atoms with Crippen molar-refractivity contribution in [2.45, 2.75) is 32.1 Å². The Morgan fingerprint density at radius 1 is 1.40 bits per heavy atom. The van der Waals surface area contributed by atoms with Crippen molar-refractivity contribution in [1.82, 2.24) is 5.32 Å². The molecule has 58 valence electrons. The summed E-state index contributed by atoms with van der Waals surface area (Å²) in [5.74, 6) is 1.04. The highest BCUT2D eigenvalue weighted by atomic mass is 16.1. The minimum atomic E-state index is 0.775. The van der Waals surface area contributed by atoms with Gasteiger partial charge < -0.3 is 5.32 Å². The Morgan fingerprint density at radius 3 is 2.80 bits per heavy atom. The molecule has 1 saturated carbocycles. The van der Waals surface area contributed by atoms with Crippen LogP contribution in [0.1, 0.15) is 32.1 Å². The second-order valence-electron chi connectivity index (χ2n) is 3.01. The minimum absolute atomic E-state index is 0.775. The van der Waals surface area contributed by atoms with Crippen molar-refractivity contribution in [3.63, 3.8) is 0 Å². The van der Waals surface area contributed by atoms with Gasteiger partial charge in [-0.25, -0.2) is 0 Å². The molecule has 0 radical (unpaired) electrons. The first kappa shape index (κ1) is 7.58. The predicted octanol–water partition coefficient (Wildman–Crippen LogP) is 1.31. The van der Waals surface area contributed by atoms with Crippen LogP contribution in [0.4, 0.5) is 0 Å². The van der Waals surface area contributed by atoms with Crippen molar-refractivity contribution in [3.8, 4) is 0 Å². The van der Waals surface area contributed by atoms with E-state index in [2.05, 4.69) is 5.32 Å². The van der Waals surface area contributed by atoms with E-state index in [9.17, 15) is 4.79 Å². The van der Waals surface area contributed by atoms with Crippen LogP contribution in [0.25, 0.3) is 0 Å². The van der Waals surface area contributed by atoms with Crippen molar-refractivity contribution in [2.24, 2.45) is 5.92 Å². The largest absolute Gasteiger partial charge is 0.359 e. The smallest absolute Gasteiger partial charge is 0.207 e. The lowest BCUT2D eigenvalue weighted by Gasteiger charge is -1.97. The molecular formula is C8H15NO. The zero-order chi connectivity index (χ0) is 7.23. The van der Waals surface area contributed by atoms with Crippen molar-refractivity contribution < 1.29 is 4.79 Å². The number of hydrogen-bond acceptors (Lipinski definition) is 1. The molecule has 2 nitrogen and oxygen atoms in total. The molecule has 1 fully saturated rings. The van der Waals surface area contributed by atoms with Crippen LogP contribution in [0.2, 0.25) is 0 Å². The number of hydrogen-bond donors (Lipinski definition) is 1. The zero-order valence-corrected chi connectivity index (χ0v) is 6.31. The van der Waals surface area contributed by atoms with Crippen LogP contribution in [0.15, 0.2) is 0 Å². The molecule has 0 saturated heterocycles. The maximum absolute atomic E-state index is 9.80. The summed E-state index contributed by atoms with van der Waals surface area (Å²) in [5, 5.41) is 2.66. The number of nitrogens with one attached hydrogen (secondary N) is 1. The first-order valence-corrected chi connectivity index (χ1v) is 4.10. The van der Waals surface area contributed by atoms with E-state index < -0.39 is 0 Å². The van der Waals surface area contributed by atoms with E-state index in [1.165, 1.54) is 25.7 Å². The van der Waals surface area contributed by atoms with Crippen LogP contribution in [0.5, 0.6) is 0 Å². The summed E-state index contributed by atoms with van der Waals surface area (Å²) in [6.07, 6.45) is 7.47. The van der Waals surface area contributed by atoms with Gasteiger partial charge >= 0.3 is 0 Å². The molecule has 1 rings (SSSR count). The average molecular weight is 141 g/mol. The molecule has 0 aromatic heterocycles. The Balaban J connectivity index is 1.72. The first-order valence-electron chi connectivity index (χ1n) is 4.10. The maximum Gasteiger partial charge on any atom is 0.207 e. The Morgan fingerprint density at radius 2 is 2.20 bits per heavy atom. The Labute approximate surface area is 62.0 Å². The molecule has 1 aliphatic carbocycles. The van der Waals surface area contributed by atoms with Crippen LogP contribution in [-0.4, -0.2) is 13.0 Å². The molecule has 1 amide bonds. The molecule has 0 unspecified atom stereocenters. The lowest BCUT2D eigenvalue weighted by molar-refractivity contribution is -0.109. The molecule has 10 heavy (non-hydrogen) atoms. The highest BCUT2D eigenvalue weighted by Gasteiger charge is 2.19. The van der Waals surface area contributed by atoms with E-state index in [1.807, 2.05) is 0 Å². The van der Waals surface area contributed by atoms with Gasteiger partial charge in [0.1, 0.15) is 0 Å². The third-order valence-electron chi connectivity index (χ3n) is 1.96.